The molecule has 0 atom stereocenters. The summed E-state index contributed by atoms with van der Waals surface area (Å²) in [7, 11) is 1.54. The number of hydrogen-bond donors (Lipinski definition) is 2. The average molecular weight is 372 g/mol. The van der Waals surface area contributed by atoms with E-state index in [1.54, 1.807) is 13.2 Å². The quantitative estimate of drug-likeness (QED) is 0.613. The number of nitrogens with two attached hydrogens (primary N) is 1. The minimum Gasteiger partial charge on any atom is -0.496 e. The van der Waals surface area contributed by atoms with Gasteiger partial charge < -0.3 is 20.2 Å². The molecule has 1 aromatic carbocycles. The van der Waals surface area contributed by atoms with Gasteiger partial charge in [-0.1, -0.05) is 11.8 Å². The maximum Gasteiger partial charge on any atom is 0.153 e. The van der Waals surface area contributed by atoms with E-state index in [4.69, 9.17) is 15.2 Å². The second-order valence-electron chi connectivity index (χ2n) is 5.58. The summed E-state index contributed by atoms with van der Waals surface area (Å²) < 4.78 is 10.7. The maximum absolute atomic E-state index is 11.1. The number of carbonyl (C=O) groups is 1. The number of aryl methyl sites for hydroxylation is 1. The molecule has 0 aliphatic heterocycles. The Kier molecular flexibility index (Phi) is 5.43. The van der Waals surface area contributed by atoms with Crippen molar-refractivity contribution in [3.63, 3.8) is 0 Å². The molecule has 0 unspecified atom stereocenters. The monoisotopic (exact) mass is 372 g/mol. The van der Waals surface area contributed by atoms with Crippen LogP contribution in [0.4, 0.5) is 5.82 Å². The SMILES string of the molecule is CCOCc1nc2c(N)nc(C)c(Sc3ccc(C=O)c(OC)c3)c2[nH]1. The lowest BCUT2D eigenvalue weighted by Gasteiger charge is -2.10. The summed E-state index contributed by atoms with van der Waals surface area (Å²) in [6, 6.07) is 5.43. The molecule has 2 aromatic heterocycles. The molecule has 136 valence electrons. The number of nitrogens with zero attached hydrogens (tertiary/aromatic N) is 2. The zero-order valence-corrected chi connectivity index (χ0v) is 15.6. The summed E-state index contributed by atoms with van der Waals surface area (Å²) in [4.78, 5) is 25.1. The summed E-state index contributed by atoms with van der Waals surface area (Å²) in [6.45, 7) is 4.82. The maximum atomic E-state index is 11.1. The van der Waals surface area contributed by atoms with Crippen LogP contribution in [0.25, 0.3) is 11.0 Å². The molecule has 7 nitrogen and oxygen atoms in total. The van der Waals surface area contributed by atoms with E-state index in [0.29, 0.717) is 41.7 Å². The molecule has 0 fully saturated rings. The van der Waals surface area contributed by atoms with Crippen molar-refractivity contribution < 1.29 is 14.3 Å². The highest BCUT2D eigenvalue weighted by Gasteiger charge is 2.16. The number of rotatable bonds is 7. The Morgan fingerprint density at radius 3 is 2.85 bits per heavy atom. The van der Waals surface area contributed by atoms with Gasteiger partial charge in [0, 0.05) is 11.5 Å². The number of fused-ring (bicyclic) bond motifs is 1. The normalized spacial score (nSPS) is 11.0. The van der Waals surface area contributed by atoms with Crippen molar-refractivity contribution in [1.82, 2.24) is 15.0 Å². The lowest BCUT2D eigenvalue weighted by atomic mass is 10.2. The van der Waals surface area contributed by atoms with Crippen molar-refractivity contribution in [3.8, 4) is 5.75 Å². The molecule has 0 aliphatic rings. The zero-order chi connectivity index (χ0) is 18.7. The van der Waals surface area contributed by atoms with Crippen LogP contribution in [0.2, 0.25) is 0 Å². The van der Waals surface area contributed by atoms with E-state index in [1.807, 2.05) is 26.0 Å². The molecule has 26 heavy (non-hydrogen) atoms. The second kappa shape index (κ2) is 7.76. The number of imidazole rings is 1. The van der Waals surface area contributed by atoms with Gasteiger partial charge in [0.25, 0.3) is 0 Å². The molecule has 2 heterocycles. The van der Waals surface area contributed by atoms with E-state index in [2.05, 4.69) is 15.0 Å². The van der Waals surface area contributed by atoms with Crippen LogP contribution in [0.1, 0.15) is 28.8 Å². The summed E-state index contributed by atoms with van der Waals surface area (Å²) in [5.74, 6) is 1.62. The predicted molar refractivity (Wildman–Crippen MR) is 101 cm³/mol. The molecule has 8 heteroatoms. The Morgan fingerprint density at radius 2 is 2.15 bits per heavy atom. The third kappa shape index (κ3) is 3.51. The van der Waals surface area contributed by atoms with Gasteiger partial charge in [0.1, 0.15) is 23.7 Å². The first-order valence-corrected chi connectivity index (χ1v) is 8.92. The summed E-state index contributed by atoms with van der Waals surface area (Å²) in [5, 5.41) is 0. The van der Waals surface area contributed by atoms with E-state index in [1.165, 1.54) is 11.8 Å². The Labute approximate surface area is 155 Å². The molecule has 3 rings (SSSR count). The number of nitrogen functional groups attached to an aromatic ring is 1. The average Bonchev–Trinajstić information content (AvgIpc) is 3.08. The van der Waals surface area contributed by atoms with Gasteiger partial charge in [-0.25, -0.2) is 9.97 Å². The molecule has 0 radical (unpaired) electrons. The fourth-order valence-corrected chi connectivity index (χ4v) is 3.58. The summed E-state index contributed by atoms with van der Waals surface area (Å²) in [5.41, 5.74) is 8.80. The highest BCUT2D eigenvalue weighted by Crippen LogP contribution is 2.37. The van der Waals surface area contributed by atoms with E-state index < -0.39 is 0 Å². The van der Waals surface area contributed by atoms with Crippen LogP contribution < -0.4 is 10.5 Å². The second-order valence-corrected chi connectivity index (χ2v) is 6.66. The highest BCUT2D eigenvalue weighted by molar-refractivity contribution is 7.99. The van der Waals surface area contributed by atoms with Gasteiger partial charge >= 0.3 is 0 Å². The van der Waals surface area contributed by atoms with Crippen molar-refractivity contribution in [2.45, 2.75) is 30.2 Å². The molecule has 0 bridgehead atoms. The van der Waals surface area contributed by atoms with Gasteiger partial charge in [0.05, 0.1) is 28.8 Å². The first-order valence-electron chi connectivity index (χ1n) is 8.10. The van der Waals surface area contributed by atoms with Crippen LogP contribution in [-0.4, -0.2) is 35.0 Å². The van der Waals surface area contributed by atoms with Crippen molar-refractivity contribution in [1.29, 1.82) is 0 Å². The van der Waals surface area contributed by atoms with Gasteiger partial charge in [-0.2, -0.15) is 0 Å². The molecule has 0 saturated carbocycles. The third-order valence-corrected chi connectivity index (χ3v) is 5.03. The Balaban J connectivity index is 2.04. The van der Waals surface area contributed by atoms with Gasteiger partial charge in [-0.15, -0.1) is 0 Å². The molecule has 3 N–H and O–H groups in total. The number of aromatic nitrogens is 3. The van der Waals surface area contributed by atoms with Crippen molar-refractivity contribution in [3.05, 3.63) is 35.3 Å². The minimum atomic E-state index is 0.384. The smallest absolute Gasteiger partial charge is 0.153 e. The van der Waals surface area contributed by atoms with Crippen molar-refractivity contribution >= 4 is 34.9 Å². The number of hydrogen-bond acceptors (Lipinski definition) is 7. The largest absolute Gasteiger partial charge is 0.496 e. The van der Waals surface area contributed by atoms with Crippen LogP contribution in [0.3, 0.4) is 0 Å². The lowest BCUT2D eigenvalue weighted by molar-refractivity contribution is 0.112. The molecule has 0 amide bonds. The summed E-state index contributed by atoms with van der Waals surface area (Å²) in [6.07, 6.45) is 0.774. The van der Waals surface area contributed by atoms with Crippen LogP contribution in [-0.2, 0) is 11.3 Å². The number of nitrogens with one attached hydrogen (secondary N) is 1. The number of benzene rings is 1. The van der Waals surface area contributed by atoms with Gasteiger partial charge in [-0.3, -0.25) is 4.79 Å². The van der Waals surface area contributed by atoms with E-state index >= 15 is 0 Å². The Morgan fingerprint density at radius 1 is 1.35 bits per heavy atom. The Bertz CT molecular complexity index is 955. The molecule has 3 aromatic rings. The number of H-pyrrole nitrogens is 1. The Hall–Kier alpha value is -2.58. The standard InChI is InChI=1S/C18H20N4O3S/c1-4-25-9-14-21-15-16(22-14)18(19)20-10(2)17(15)26-12-6-5-11(8-23)13(7-12)24-3/h5-8H,4,9H2,1-3H3,(H2,19,20)(H,21,22). The number of aromatic amines is 1. The fourth-order valence-electron chi connectivity index (χ4n) is 2.60. The van der Waals surface area contributed by atoms with Crippen molar-refractivity contribution in [2.24, 2.45) is 0 Å². The lowest BCUT2D eigenvalue weighted by Crippen LogP contribution is -1.97. The number of pyridine rings is 1. The third-order valence-electron chi connectivity index (χ3n) is 3.83. The topological polar surface area (TPSA) is 103 Å². The van der Waals surface area contributed by atoms with E-state index in [0.717, 1.165) is 27.3 Å². The number of aldehydes is 1. The summed E-state index contributed by atoms with van der Waals surface area (Å²) >= 11 is 1.51. The van der Waals surface area contributed by atoms with Crippen LogP contribution in [0, 0.1) is 6.92 Å². The first-order chi connectivity index (χ1) is 12.6. The van der Waals surface area contributed by atoms with Gasteiger partial charge in [-0.05, 0) is 32.0 Å². The van der Waals surface area contributed by atoms with E-state index in [-0.39, 0.29) is 0 Å². The molecular weight excluding hydrogens is 352 g/mol. The molecule has 0 aliphatic carbocycles. The minimum absolute atomic E-state index is 0.384. The number of anilines is 1. The molecular formula is C18H20N4O3S. The number of ether oxygens (including phenoxy) is 2. The number of carbonyl (C=O) groups excluding carboxylic acids is 1. The van der Waals surface area contributed by atoms with Crippen LogP contribution in [0.5, 0.6) is 5.75 Å². The van der Waals surface area contributed by atoms with Gasteiger partial charge in [0.15, 0.2) is 12.1 Å². The van der Waals surface area contributed by atoms with Gasteiger partial charge in [0.2, 0.25) is 0 Å². The predicted octanol–water partition coefficient (Wildman–Crippen LogP) is 3.36. The molecule has 0 saturated heterocycles. The highest BCUT2D eigenvalue weighted by atomic mass is 32.2. The van der Waals surface area contributed by atoms with Crippen molar-refractivity contribution in [2.75, 3.05) is 19.5 Å². The van der Waals surface area contributed by atoms with Crippen LogP contribution in [0.15, 0.2) is 28.0 Å². The zero-order valence-electron chi connectivity index (χ0n) is 14.8. The molecule has 0 spiro atoms. The number of methoxy groups -OCH3 is 1. The van der Waals surface area contributed by atoms with Crippen LogP contribution >= 0.6 is 11.8 Å². The fraction of sp³-hybridized carbons (Fsp3) is 0.278. The van der Waals surface area contributed by atoms with E-state index in [9.17, 15) is 4.79 Å². The first kappa shape index (κ1) is 18.2.